The minimum absolute atomic E-state index is 0.0271. The molecule has 1 fully saturated rings. The standard InChI is InChI=1S/C20H20N4O3/c1-13-2-7-18(27-13)14-3-5-15(6-4-14)20(25)23-9-8-19-17(11-23)24-16(12-26-19)10-21-22-24/h2-7,10,17,19H,8-9,11-12H2,1H3/t17-,19-/m1/s1. The molecule has 7 heteroatoms. The van der Waals surface area contributed by atoms with E-state index in [0.717, 1.165) is 29.2 Å². The van der Waals surface area contributed by atoms with Crippen molar-refractivity contribution in [3.8, 4) is 11.3 Å². The van der Waals surface area contributed by atoms with Crippen LogP contribution >= 0.6 is 0 Å². The van der Waals surface area contributed by atoms with Gasteiger partial charge in [-0.1, -0.05) is 17.3 Å². The summed E-state index contributed by atoms with van der Waals surface area (Å²) in [4.78, 5) is 14.9. The maximum Gasteiger partial charge on any atom is 0.253 e. The Hall–Kier alpha value is -2.93. The number of ether oxygens (including phenoxy) is 1. The van der Waals surface area contributed by atoms with Gasteiger partial charge in [0.25, 0.3) is 5.91 Å². The largest absolute Gasteiger partial charge is 0.461 e. The van der Waals surface area contributed by atoms with Gasteiger partial charge in [0.05, 0.1) is 30.6 Å². The first-order chi connectivity index (χ1) is 13.2. The Labute approximate surface area is 156 Å². The zero-order valence-electron chi connectivity index (χ0n) is 15.0. The van der Waals surface area contributed by atoms with Gasteiger partial charge < -0.3 is 14.1 Å². The lowest BCUT2D eigenvalue weighted by molar-refractivity contribution is -0.0605. The minimum Gasteiger partial charge on any atom is -0.461 e. The van der Waals surface area contributed by atoms with Crippen molar-refractivity contribution in [3.63, 3.8) is 0 Å². The number of rotatable bonds is 2. The normalized spacial score (nSPS) is 21.6. The van der Waals surface area contributed by atoms with Crippen molar-refractivity contribution in [1.82, 2.24) is 19.9 Å². The second-order valence-electron chi connectivity index (χ2n) is 7.11. The highest BCUT2D eigenvalue weighted by Gasteiger charge is 2.38. The number of fused-ring (bicyclic) bond motifs is 3. The molecule has 0 radical (unpaired) electrons. The van der Waals surface area contributed by atoms with Crippen LogP contribution in [0.5, 0.6) is 0 Å². The molecule has 3 aromatic rings. The highest BCUT2D eigenvalue weighted by atomic mass is 16.5. The van der Waals surface area contributed by atoms with Gasteiger partial charge in [0, 0.05) is 24.2 Å². The highest BCUT2D eigenvalue weighted by Crippen LogP contribution is 2.31. The summed E-state index contributed by atoms with van der Waals surface area (Å²) in [6, 6.07) is 11.5. The Balaban J connectivity index is 1.34. The van der Waals surface area contributed by atoms with Crippen LogP contribution in [-0.2, 0) is 11.3 Å². The average molecular weight is 364 g/mol. The van der Waals surface area contributed by atoms with E-state index >= 15 is 0 Å². The van der Waals surface area contributed by atoms with E-state index in [1.54, 1.807) is 6.20 Å². The summed E-state index contributed by atoms with van der Waals surface area (Å²) < 4.78 is 13.5. The predicted octanol–water partition coefficient (Wildman–Crippen LogP) is 2.83. The van der Waals surface area contributed by atoms with Crippen LogP contribution in [-0.4, -0.2) is 45.0 Å². The summed E-state index contributed by atoms with van der Waals surface area (Å²) in [7, 11) is 0. The molecule has 4 heterocycles. The maximum atomic E-state index is 13.0. The molecule has 1 saturated heterocycles. The number of carbonyl (C=O) groups is 1. The fourth-order valence-electron chi connectivity index (χ4n) is 3.91. The van der Waals surface area contributed by atoms with Gasteiger partial charge in [0.2, 0.25) is 0 Å². The monoisotopic (exact) mass is 364 g/mol. The Morgan fingerprint density at radius 3 is 2.81 bits per heavy atom. The van der Waals surface area contributed by atoms with E-state index in [2.05, 4.69) is 10.3 Å². The van der Waals surface area contributed by atoms with Crippen LogP contribution in [0.3, 0.4) is 0 Å². The molecule has 2 aromatic heterocycles. The van der Waals surface area contributed by atoms with Gasteiger partial charge in [-0.15, -0.1) is 5.10 Å². The Kier molecular flexibility index (Phi) is 3.82. The van der Waals surface area contributed by atoms with E-state index in [1.165, 1.54) is 0 Å². The minimum atomic E-state index is 0.0271. The smallest absolute Gasteiger partial charge is 0.253 e. The molecular weight excluding hydrogens is 344 g/mol. The first kappa shape index (κ1) is 16.3. The fourth-order valence-corrected chi connectivity index (χ4v) is 3.91. The van der Waals surface area contributed by atoms with E-state index in [0.29, 0.717) is 25.3 Å². The molecule has 1 aromatic carbocycles. The highest BCUT2D eigenvalue weighted by molar-refractivity contribution is 5.94. The van der Waals surface area contributed by atoms with Crippen LogP contribution < -0.4 is 0 Å². The molecule has 0 saturated carbocycles. The third-order valence-electron chi connectivity index (χ3n) is 5.37. The Morgan fingerprint density at radius 1 is 1.19 bits per heavy atom. The van der Waals surface area contributed by atoms with E-state index < -0.39 is 0 Å². The first-order valence-corrected chi connectivity index (χ1v) is 9.16. The fraction of sp³-hybridized carbons (Fsp3) is 0.350. The summed E-state index contributed by atoms with van der Waals surface area (Å²) >= 11 is 0. The van der Waals surface area contributed by atoms with E-state index in [1.807, 2.05) is 52.9 Å². The SMILES string of the molecule is Cc1ccc(-c2ccc(C(=O)N3CC[C@H]4OCc5cnnn5[C@@H]4C3)cc2)o1. The molecule has 138 valence electrons. The summed E-state index contributed by atoms with van der Waals surface area (Å²) in [5.74, 6) is 1.71. The number of hydrogen-bond donors (Lipinski definition) is 0. The van der Waals surface area contributed by atoms with Gasteiger partial charge in [0.1, 0.15) is 11.5 Å². The van der Waals surface area contributed by atoms with Gasteiger partial charge in [-0.3, -0.25) is 4.79 Å². The number of aromatic nitrogens is 3. The molecule has 2 atom stereocenters. The molecule has 0 spiro atoms. The van der Waals surface area contributed by atoms with Crippen LogP contribution in [0, 0.1) is 6.92 Å². The van der Waals surface area contributed by atoms with Crippen molar-refractivity contribution < 1.29 is 13.9 Å². The lowest BCUT2D eigenvalue weighted by Gasteiger charge is -2.41. The zero-order valence-corrected chi connectivity index (χ0v) is 15.0. The van der Waals surface area contributed by atoms with Crippen molar-refractivity contribution in [2.75, 3.05) is 13.1 Å². The molecule has 2 aliphatic heterocycles. The predicted molar refractivity (Wildman–Crippen MR) is 97.0 cm³/mol. The van der Waals surface area contributed by atoms with Crippen molar-refractivity contribution in [3.05, 3.63) is 59.6 Å². The van der Waals surface area contributed by atoms with Gasteiger partial charge in [0.15, 0.2) is 0 Å². The van der Waals surface area contributed by atoms with Gasteiger partial charge in [-0.25, -0.2) is 4.68 Å². The molecule has 2 aliphatic rings. The number of hydrogen-bond acceptors (Lipinski definition) is 5. The first-order valence-electron chi connectivity index (χ1n) is 9.16. The van der Waals surface area contributed by atoms with Gasteiger partial charge >= 0.3 is 0 Å². The van der Waals surface area contributed by atoms with Crippen LogP contribution in [0.2, 0.25) is 0 Å². The number of carbonyl (C=O) groups excluding carboxylic acids is 1. The molecule has 5 rings (SSSR count). The number of furan rings is 1. The number of aryl methyl sites for hydroxylation is 1. The van der Waals surface area contributed by atoms with E-state index in [-0.39, 0.29) is 18.1 Å². The number of nitrogens with zero attached hydrogens (tertiary/aromatic N) is 4. The summed E-state index contributed by atoms with van der Waals surface area (Å²) in [6.07, 6.45) is 2.62. The molecule has 27 heavy (non-hydrogen) atoms. The molecule has 0 unspecified atom stereocenters. The summed E-state index contributed by atoms with van der Waals surface area (Å²) in [5, 5.41) is 8.18. The molecule has 7 nitrogen and oxygen atoms in total. The molecular formula is C20H20N4O3. The van der Waals surface area contributed by atoms with E-state index in [4.69, 9.17) is 9.15 Å². The number of piperidine rings is 1. The molecule has 0 bridgehead atoms. The Bertz CT molecular complexity index is 975. The topological polar surface area (TPSA) is 73.4 Å². The third kappa shape index (κ3) is 2.84. The van der Waals surface area contributed by atoms with Crippen LogP contribution in [0.1, 0.15) is 34.3 Å². The van der Waals surface area contributed by atoms with Crippen molar-refractivity contribution in [2.45, 2.75) is 32.1 Å². The van der Waals surface area contributed by atoms with Gasteiger partial charge in [-0.05, 0) is 37.6 Å². The summed E-state index contributed by atoms with van der Waals surface area (Å²) in [6.45, 7) is 3.72. The van der Waals surface area contributed by atoms with Crippen molar-refractivity contribution in [2.24, 2.45) is 0 Å². The zero-order chi connectivity index (χ0) is 18.4. The summed E-state index contributed by atoms with van der Waals surface area (Å²) in [5.41, 5.74) is 2.60. The van der Waals surface area contributed by atoms with Crippen molar-refractivity contribution in [1.29, 1.82) is 0 Å². The lowest BCUT2D eigenvalue weighted by Crippen LogP contribution is -2.49. The maximum absolute atomic E-state index is 13.0. The molecule has 0 aliphatic carbocycles. The van der Waals surface area contributed by atoms with Crippen LogP contribution in [0.4, 0.5) is 0 Å². The number of amides is 1. The van der Waals surface area contributed by atoms with E-state index in [9.17, 15) is 4.79 Å². The quantitative estimate of drug-likeness (QED) is 0.699. The number of likely N-dealkylation sites (tertiary alicyclic amines) is 1. The second-order valence-corrected chi connectivity index (χ2v) is 7.11. The lowest BCUT2D eigenvalue weighted by atomic mass is 9.99. The van der Waals surface area contributed by atoms with Crippen LogP contribution in [0.15, 0.2) is 47.0 Å². The van der Waals surface area contributed by atoms with Crippen molar-refractivity contribution >= 4 is 5.91 Å². The average Bonchev–Trinajstić information content (AvgIpc) is 3.36. The second kappa shape index (κ2) is 6.35. The molecule has 0 N–H and O–H groups in total. The third-order valence-corrected chi connectivity index (χ3v) is 5.37. The number of benzene rings is 1. The van der Waals surface area contributed by atoms with Crippen LogP contribution in [0.25, 0.3) is 11.3 Å². The molecule has 1 amide bonds. The van der Waals surface area contributed by atoms with Gasteiger partial charge in [-0.2, -0.15) is 0 Å². The Morgan fingerprint density at radius 2 is 2.04 bits per heavy atom.